The molecule has 26 heavy (non-hydrogen) atoms. The van der Waals surface area contributed by atoms with E-state index in [9.17, 15) is 9.59 Å². The molecule has 3 rings (SSSR count). The SMILES string of the molecule is CC1=C\C=C2\NC3(CCN(C(=O)OC(C)(C)C)CC3)C(=O)N\C2=C\C=I\1. The van der Waals surface area contributed by atoms with E-state index in [0.29, 0.717) is 25.9 Å². The summed E-state index contributed by atoms with van der Waals surface area (Å²) >= 11 is -0.113. The van der Waals surface area contributed by atoms with Crippen LogP contribution in [0.4, 0.5) is 4.79 Å². The van der Waals surface area contributed by atoms with Gasteiger partial charge in [0.15, 0.2) is 0 Å². The highest BCUT2D eigenvalue weighted by atomic mass is 127. The maximum absolute atomic E-state index is 12.8. The van der Waals surface area contributed by atoms with Gasteiger partial charge in [-0.15, -0.1) is 0 Å². The molecule has 0 aromatic rings. The summed E-state index contributed by atoms with van der Waals surface area (Å²) in [6, 6.07) is 0. The Labute approximate surface area is 164 Å². The van der Waals surface area contributed by atoms with Crippen molar-refractivity contribution < 1.29 is 14.3 Å². The molecule has 1 spiro atoms. The van der Waals surface area contributed by atoms with Crippen LogP contribution in [0.15, 0.2) is 33.2 Å². The molecule has 2 fully saturated rings. The molecule has 0 unspecified atom stereocenters. The number of likely N-dealkylation sites (tertiary alicyclic amines) is 1. The van der Waals surface area contributed by atoms with Gasteiger partial charge < -0.3 is 20.3 Å². The number of rotatable bonds is 0. The van der Waals surface area contributed by atoms with Gasteiger partial charge in [-0.25, -0.2) is 4.79 Å². The van der Waals surface area contributed by atoms with E-state index in [1.165, 1.54) is 3.58 Å². The lowest BCUT2D eigenvalue weighted by Gasteiger charge is -2.45. The number of piperidine rings is 1. The van der Waals surface area contributed by atoms with E-state index in [0.717, 1.165) is 11.4 Å². The Morgan fingerprint density at radius 1 is 1.19 bits per heavy atom. The Morgan fingerprint density at radius 3 is 2.54 bits per heavy atom. The van der Waals surface area contributed by atoms with Crippen LogP contribution in [0, 0.1) is 0 Å². The minimum Gasteiger partial charge on any atom is -0.444 e. The summed E-state index contributed by atoms with van der Waals surface area (Å²) < 4.78 is 8.98. The summed E-state index contributed by atoms with van der Waals surface area (Å²) in [5.41, 5.74) is 0.588. The van der Waals surface area contributed by atoms with Gasteiger partial charge in [0.2, 0.25) is 5.91 Å². The number of carbonyl (C=O) groups excluding carboxylic acids is 2. The van der Waals surface area contributed by atoms with Crippen molar-refractivity contribution in [2.24, 2.45) is 0 Å². The zero-order valence-corrected chi connectivity index (χ0v) is 17.8. The number of ether oxygens (including phenoxy) is 1. The van der Waals surface area contributed by atoms with Crippen LogP contribution in [-0.2, 0) is 9.53 Å². The molecule has 0 radical (unpaired) electrons. The Hall–Kier alpha value is -1.64. The number of hydrogen-bond donors (Lipinski definition) is 2. The van der Waals surface area contributed by atoms with E-state index in [2.05, 4.69) is 33.7 Å². The van der Waals surface area contributed by atoms with Gasteiger partial charge in [-0.05, 0) is 60.3 Å². The second kappa shape index (κ2) is 7.17. The van der Waals surface area contributed by atoms with Crippen LogP contribution < -0.4 is 10.6 Å². The first-order valence-electron chi connectivity index (χ1n) is 8.82. The number of fused-ring (bicyclic) bond motifs is 1. The van der Waals surface area contributed by atoms with Crippen molar-refractivity contribution in [1.29, 1.82) is 0 Å². The molecule has 3 aliphatic rings. The van der Waals surface area contributed by atoms with Crippen molar-refractivity contribution in [3.8, 4) is 0 Å². The van der Waals surface area contributed by atoms with Gasteiger partial charge in [-0.1, -0.05) is 26.8 Å². The lowest BCUT2D eigenvalue weighted by atomic mass is 9.84. The molecule has 0 atom stereocenters. The summed E-state index contributed by atoms with van der Waals surface area (Å²) in [5, 5.41) is 6.52. The Balaban J connectivity index is 1.72. The van der Waals surface area contributed by atoms with Gasteiger partial charge in [0, 0.05) is 13.1 Å². The van der Waals surface area contributed by atoms with Gasteiger partial charge in [0.1, 0.15) is 11.1 Å². The first kappa shape index (κ1) is 19.1. The molecule has 2 saturated heterocycles. The molecule has 7 heteroatoms. The predicted octanol–water partition coefficient (Wildman–Crippen LogP) is 2.93. The number of nitrogens with one attached hydrogen (secondary N) is 2. The minimum absolute atomic E-state index is 0.0161. The minimum atomic E-state index is -0.669. The second-order valence-electron chi connectivity index (χ2n) is 7.78. The number of nitrogens with zero attached hydrogens (tertiary/aromatic N) is 1. The summed E-state index contributed by atoms with van der Waals surface area (Å²) in [6.45, 7) is 8.70. The number of allylic oxidation sites excluding steroid dienone is 4. The van der Waals surface area contributed by atoms with E-state index in [1.807, 2.05) is 26.8 Å². The maximum atomic E-state index is 12.8. The van der Waals surface area contributed by atoms with E-state index in [4.69, 9.17) is 4.74 Å². The molecule has 3 aliphatic heterocycles. The van der Waals surface area contributed by atoms with Gasteiger partial charge in [-0.3, -0.25) is 4.79 Å². The van der Waals surface area contributed by atoms with Crippen molar-refractivity contribution >= 4 is 36.7 Å². The first-order chi connectivity index (χ1) is 12.2. The van der Waals surface area contributed by atoms with Crippen molar-refractivity contribution in [1.82, 2.24) is 15.5 Å². The van der Waals surface area contributed by atoms with Gasteiger partial charge >= 0.3 is 6.09 Å². The van der Waals surface area contributed by atoms with Crippen LogP contribution in [-0.4, -0.2) is 45.1 Å². The van der Waals surface area contributed by atoms with E-state index < -0.39 is 11.1 Å². The molecule has 0 aromatic carbocycles. The third-order valence-corrected chi connectivity index (χ3v) is 6.62. The largest absolute Gasteiger partial charge is 0.444 e. The molecular weight excluding hydrogens is 445 g/mol. The third kappa shape index (κ3) is 4.19. The van der Waals surface area contributed by atoms with Crippen LogP contribution in [0.1, 0.15) is 40.5 Å². The number of piperazine rings is 1. The fraction of sp³-hybridized carbons (Fsp3) is 0.526. The summed E-state index contributed by atoms with van der Waals surface area (Å²) in [7, 11) is 0. The first-order valence-corrected chi connectivity index (χ1v) is 11.1. The summed E-state index contributed by atoms with van der Waals surface area (Å²) in [6.07, 6.45) is 6.98. The average molecular weight is 471 g/mol. The fourth-order valence-corrected chi connectivity index (χ4v) is 4.63. The fourth-order valence-electron chi connectivity index (χ4n) is 3.13. The Kier molecular flexibility index (Phi) is 5.28. The highest BCUT2D eigenvalue weighted by Gasteiger charge is 2.46. The smallest absolute Gasteiger partial charge is 0.410 e. The van der Waals surface area contributed by atoms with E-state index in [-0.39, 0.29) is 32.7 Å². The third-order valence-electron chi connectivity index (χ3n) is 4.56. The van der Waals surface area contributed by atoms with Crippen LogP contribution in [0.3, 0.4) is 0 Å². The predicted molar refractivity (Wildman–Crippen MR) is 111 cm³/mol. The lowest BCUT2D eigenvalue weighted by molar-refractivity contribution is -0.129. The molecule has 0 aliphatic carbocycles. The number of amides is 2. The Morgan fingerprint density at radius 2 is 1.88 bits per heavy atom. The van der Waals surface area contributed by atoms with Crippen LogP contribution >= 0.6 is 20.7 Å². The molecule has 0 bridgehead atoms. The van der Waals surface area contributed by atoms with Crippen LogP contribution in [0.2, 0.25) is 0 Å². The van der Waals surface area contributed by atoms with Crippen molar-refractivity contribution in [3.05, 3.63) is 33.2 Å². The number of hydrogen-bond acceptors (Lipinski definition) is 4. The van der Waals surface area contributed by atoms with Crippen LogP contribution in [0.5, 0.6) is 0 Å². The Bertz CT molecular complexity index is 736. The molecule has 2 amide bonds. The average Bonchev–Trinajstić information content (AvgIpc) is 2.54. The maximum Gasteiger partial charge on any atom is 0.410 e. The lowest BCUT2D eigenvalue weighted by Crippen LogP contribution is -2.65. The van der Waals surface area contributed by atoms with E-state index >= 15 is 0 Å². The van der Waals surface area contributed by atoms with Gasteiger partial charge in [0.05, 0.1) is 11.4 Å². The highest BCUT2D eigenvalue weighted by Crippen LogP contribution is 2.30. The summed E-state index contributed by atoms with van der Waals surface area (Å²) in [4.78, 5) is 26.8. The highest BCUT2D eigenvalue weighted by molar-refractivity contribution is 14.2. The van der Waals surface area contributed by atoms with Gasteiger partial charge in [0.25, 0.3) is 0 Å². The molecule has 2 N–H and O–H groups in total. The zero-order chi connectivity index (χ0) is 18.9. The van der Waals surface area contributed by atoms with E-state index in [1.54, 1.807) is 4.90 Å². The van der Waals surface area contributed by atoms with Gasteiger partial charge in [-0.2, -0.15) is 0 Å². The molecule has 3 heterocycles. The van der Waals surface area contributed by atoms with Crippen molar-refractivity contribution in [2.45, 2.75) is 51.7 Å². The molecule has 6 nitrogen and oxygen atoms in total. The number of carbonyl (C=O) groups is 2. The molecule has 142 valence electrons. The molecule has 0 aromatic heterocycles. The number of halogens is 1. The standard InChI is InChI=1S/C19H26IN3O3/c1-13-5-6-15-14(7-10-20-13)21-16(24)19(22-15)8-11-23(12-9-19)17(25)26-18(2,3)4/h5-7,10,22H,8-9,11-12H2,1-4H3,(H,21,24)/b6-5?,10-7?,13-5+,14-7+,15-6+. The zero-order valence-electron chi connectivity index (χ0n) is 15.7. The summed E-state index contributed by atoms with van der Waals surface area (Å²) in [5.74, 6) is -0.0161. The topological polar surface area (TPSA) is 70.7 Å². The quantitative estimate of drug-likeness (QED) is 0.534. The monoisotopic (exact) mass is 471 g/mol. The van der Waals surface area contributed by atoms with Crippen molar-refractivity contribution in [2.75, 3.05) is 13.1 Å². The molecular formula is C19H26IN3O3. The normalized spacial score (nSPS) is 29.9. The van der Waals surface area contributed by atoms with Crippen LogP contribution in [0.25, 0.3) is 0 Å². The second-order valence-corrected chi connectivity index (χ2v) is 10.8. The van der Waals surface area contributed by atoms with Crippen molar-refractivity contribution in [3.63, 3.8) is 0 Å². The molecule has 0 saturated carbocycles.